The molecule has 86 valence electrons. The number of nitrogens with two attached hydrogens (primary N) is 1. The van der Waals surface area contributed by atoms with E-state index < -0.39 is 0 Å². The van der Waals surface area contributed by atoms with Gasteiger partial charge < -0.3 is 16.0 Å². The Morgan fingerprint density at radius 3 is 2.56 bits per heavy atom. The highest BCUT2D eigenvalue weighted by Gasteiger charge is 2.20. The lowest BCUT2D eigenvalue weighted by molar-refractivity contribution is 0.193. The number of primary amides is 1. The van der Waals surface area contributed by atoms with Gasteiger partial charge in [-0.05, 0) is 12.8 Å². The second kappa shape index (κ2) is 4.78. The molecule has 0 spiro atoms. The molecule has 1 aromatic heterocycles. The van der Waals surface area contributed by atoms with Crippen LogP contribution in [0.2, 0.25) is 0 Å². The van der Waals surface area contributed by atoms with Gasteiger partial charge in [-0.15, -0.1) is 0 Å². The van der Waals surface area contributed by atoms with Crippen LogP contribution in [0.1, 0.15) is 12.8 Å². The van der Waals surface area contributed by atoms with Crippen molar-refractivity contribution in [2.45, 2.75) is 18.9 Å². The van der Waals surface area contributed by atoms with Crippen molar-refractivity contribution in [3.05, 3.63) is 18.7 Å². The molecule has 0 unspecified atom stereocenters. The molecule has 1 aromatic rings. The standard InChI is InChI=1S/C10H15N5O/c11-10(16)15-3-1-8(2-4-15)14-9-5-12-7-13-6-9/h5-8,14H,1-4H2,(H2,11,16). The van der Waals surface area contributed by atoms with E-state index >= 15 is 0 Å². The van der Waals surface area contributed by atoms with Crippen molar-refractivity contribution in [3.8, 4) is 0 Å². The molecule has 2 amide bonds. The summed E-state index contributed by atoms with van der Waals surface area (Å²) < 4.78 is 0. The summed E-state index contributed by atoms with van der Waals surface area (Å²) in [5.41, 5.74) is 6.13. The molecule has 1 fully saturated rings. The van der Waals surface area contributed by atoms with Gasteiger partial charge in [-0.3, -0.25) is 0 Å². The first-order chi connectivity index (χ1) is 7.75. The SMILES string of the molecule is NC(=O)N1CCC(Nc2cncnc2)CC1. The molecule has 6 nitrogen and oxygen atoms in total. The van der Waals surface area contributed by atoms with Crippen LogP contribution in [0, 0.1) is 0 Å². The van der Waals surface area contributed by atoms with Gasteiger partial charge in [0.15, 0.2) is 0 Å². The molecular weight excluding hydrogens is 206 g/mol. The van der Waals surface area contributed by atoms with Crippen LogP contribution in [0.3, 0.4) is 0 Å². The Hall–Kier alpha value is -1.85. The third-order valence-corrected chi connectivity index (χ3v) is 2.74. The summed E-state index contributed by atoms with van der Waals surface area (Å²) in [4.78, 5) is 20.5. The van der Waals surface area contributed by atoms with E-state index in [9.17, 15) is 4.79 Å². The molecule has 0 radical (unpaired) electrons. The topological polar surface area (TPSA) is 84.1 Å². The van der Waals surface area contributed by atoms with E-state index in [-0.39, 0.29) is 6.03 Å². The monoisotopic (exact) mass is 221 g/mol. The van der Waals surface area contributed by atoms with Crippen molar-refractivity contribution < 1.29 is 4.79 Å². The van der Waals surface area contributed by atoms with Crippen LogP contribution in [0.15, 0.2) is 18.7 Å². The number of rotatable bonds is 2. The fourth-order valence-corrected chi connectivity index (χ4v) is 1.85. The summed E-state index contributed by atoms with van der Waals surface area (Å²) >= 11 is 0. The van der Waals surface area contributed by atoms with Crippen molar-refractivity contribution in [2.24, 2.45) is 5.73 Å². The number of nitrogens with zero attached hydrogens (tertiary/aromatic N) is 3. The molecule has 3 N–H and O–H groups in total. The third-order valence-electron chi connectivity index (χ3n) is 2.74. The van der Waals surface area contributed by atoms with Gasteiger partial charge in [0.05, 0.1) is 18.1 Å². The maximum Gasteiger partial charge on any atom is 0.314 e. The Labute approximate surface area is 93.9 Å². The Bertz CT molecular complexity index is 347. The van der Waals surface area contributed by atoms with Gasteiger partial charge in [0.2, 0.25) is 0 Å². The lowest BCUT2D eigenvalue weighted by Crippen LogP contribution is -2.44. The summed E-state index contributed by atoms with van der Waals surface area (Å²) in [6, 6.07) is 0.0306. The second-order valence-corrected chi connectivity index (χ2v) is 3.87. The zero-order valence-electron chi connectivity index (χ0n) is 8.97. The molecule has 0 atom stereocenters. The third kappa shape index (κ3) is 2.59. The Balaban J connectivity index is 1.84. The summed E-state index contributed by atoms with van der Waals surface area (Å²) in [7, 11) is 0. The lowest BCUT2D eigenvalue weighted by atomic mass is 10.1. The van der Waals surface area contributed by atoms with Gasteiger partial charge in [-0.2, -0.15) is 0 Å². The number of anilines is 1. The Morgan fingerprint density at radius 2 is 2.00 bits per heavy atom. The molecule has 2 heterocycles. The Morgan fingerprint density at radius 1 is 1.38 bits per heavy atom. The van der Waals surface area contributed by atoms with E-state index in [0.29, 0.717) is 19.1 Å². The van der Waals surface area contributed by atoms with E-state index in [4.69, 9.17) is 5.73 Å². The number of carbonyl (C=O) groups excluding carboxylic acids is 1. The molecule has 1 aliphatic heterocycles. The van der Waals surface area contributed by atoms with Crippen molar-refractivity contribution in [3.63, 3.8) is 0 Å². The molecular formula is C10H15N5O. The van der Waals surface area contributed by atoms with Crippen LogP contribution in [-0.4, -0.2) is 40.0 Å². The van der Waals surface area contributed by atoms with Crippen LogP contribution < -0.4 is 11.1 Å². The molecule has 0 aliphatic carbocycles. The molecule has 0 saturated carbocycles. The fraction of sp³-hybridized carbons (Fsp3) is 0.500. The van der Waals surface area contributed by atoms with Gasteiger partial charge in [-0.1, -0.05) is 0 Å². The molecule has 16 heavy (non-hydrogen) atoms. The van der Waals surface area contributed by atoms with Crippen molar-refractivity contribution in [2.75, 3.05) is 18.4 Å². The number of hydrogen-bond acceptors (Lipinski definition) is 4. The molecule has 1 saturated heterocycles. The average Bonchev–Trinajstić information content (AvgIpc) is 2.31. The maximum atomic E-state index is 10.9. The molecule has 2 rings (SSSR count). The normalized spacial score (nSPS) is 17.1. The minimum Gasteiger partial charge on any atom is -0.380 e. The van der Waals surface area contributed by atoms with Gasteiger partial charge in [0.1, 0.15) is 6.33 Å². The number of carbonyl (C=O) groups is 1. The van der Waals surface area contributed by atoms with E-state index in [1.807, 2.05) is 0 Å². The minimum absolute atomic E-state index is 0.332. The van der Waals surface area contributed by atoms with Crippen LogP contribution in [0.4, 0.5) is 10.5 Å². The first-order valence-electron chi connectivity index (χ1n) is 5.31. The smallest absolute Gasteiger partial charge is 0.314 e. The number of likely N-dealkylation sites (tertiary alicyclic amines) is 1. The zero-order chi connectivity index (χ0) is 11.4. The molecule has 0 bridgehead atoms. The van der Waals surface area contributed by atoms with E-state index in [0.717, 1.165) is 18.5 Å². The first kappa shape index (κ1) is 10.7. The van der Waals surface area contributed by atoms with Crippen LogP contribution >= 0.6 is 0 Å². The van der Waals surface area contributed by atoms with Gasteiger partial charge in [0, 0.05) is 19.1 Å². The van der Waals surface area contributed by atoms with E-state index in [1.54, 1.807) is 17.3 Å². The first-order valence-corrected chi connectivity index (χ1v) is 5.31. The van der Waals surface area contributed by atoms with Crippen LogP contribution in [0.5, 0.6) is 0 Å². The highest BCUT2D eigenvalue weighted by Crippen LogP contribution is 2.14. The van der Waals surface area contributed by atoms with Gasteiger partial charge in [0.25, 0.3) is 0 Å². The predicted molar refractivity (Wildman–Crippen MR) is 59.8 cm³/mol. The maximum absolute atomic E-state index is 10.9. The quantitative estimate of drug-likeness (QED) is 0.758. The van der Waals surface area contributed by atoms with Crippen molar-refractivity contribution >= 4 is 11.7 Å². The van der Waals surface area contributed by atoms with Crippen molar-refractivity contribution in [1.82, 2.24) is 14.9 Å². The van der Waals surface area contributed by atoms with E-state index in [2.05, 4.69) is 15.3 Å². The van der Waals surface area contributed by atoms with Crippen LogP contribution in [-0.2, 0) is 0 Å². The van der Waals surface area contributed by atoms with Crippen molar-refractivity contribution in [1.29, 1.82) is 0 Å². The highest BCUT2D eigenvalue weighted by atomic mass is 16.2. The lowest BCUT2D eigenvalue weighted by Gasteiger charge is -2.31. The Kier molecular flexibility index (Phi) is 3.19. The summed E-state index contributed by atoms with van der Waals surface area (Å²) in [5, 5.41) is 3.34. The van der Waals surface area contributed by atoms with E-state index in [1.165, 1.54) is 6.33 Å². The summed E-state index contributed by atoms with van der Waals surface area (Å²) in [6.07, 6.45) is 6.79. The zero-order valence-corrected chi connectivity index (χ0v) is 8.97. The number of amides is 2. The molecule has 6 heteroatoms. The van der Waals surface area contributed by atoms with Crippen LogP contribution in [0.25, 0.3) is 0 Å². The fourth-order valence-electron chi connectivity index (χ4n) is 1.85. The summed E-state index contributed by atoms with van der Waals surface area (Å²) in [6.45, 7) is 1.42. The number of nitrogens with one attached hydrogen (secondary N) is 1. The largest absolute Gasteiger partial charge is 0.380 e. The number of aromatic nitrogens is 2. The van der Waals surface area contributed by atoms with Gasteiger partial charge >= 0.3 is 6.03 Å². The predicted octanol–water partition coefficient (Wildman–Crippen LogP) is 0.432. The number of hydrogen-bond donors (Lipinski definition) is 2. The number of piperidine rings is 1. The number of urea groups is 1. The average molecular weight is 221 g/mol. The molecule has 1 aliphatic rings. The molecule has 0 aromatic carbocycles. The summed E-state index contributed by atoms with van der Waals surface area (Å²) in [5.74, 6) is 0. The second-order valence-electron chi connectivity index (χ2n) is 3.87. The minimum atomic E-state index is -0.332. The van der Waals surface area contributed by atoms with Gasteiger partial charge in [-0.25, -0.2) is 14.8 Å². The highest BCUT2D eigenvalue weighted by molar-refractivity contribution is 5.72.